The molecule has 33 heavy (non-hydrogen) atoms. The number of hydrogen-bond donors (Lipinski definition) is 1. The van der Waals surface area contributed by atoms with Crippen LogP contribution >= 0.6 is 0 Å². The molecular weight excluding hydrogens is 408 g/mol. The van der Waals surface area contributed by atoms with Crippen molar-refractivity contribution in [3.8, 4) is 0 Å². The summed E-state index contributed by atoms with van der Waals surface area (Å²) in [4.78, 5) is 12.3. The average Bonchev–Trinajstić information content (AvgIpc) is 3.64. The topological polar surface area (TPSA) is 56.7 Å². The summed E-state index contributed by atoms with van der Waals surface area (Å²) in [6.45, 7) is 9.45. The van der Waals surface area contributed by atoms with E-state index in [2.05, 4.69) is 59.3 Å². The lowest BCUT2D eigenvalue weighted by Gasteiger charge is -2.50. The highest BCUT2D eigenvalue weighted by Crippen LogP contribution is 2.71. The fraction of sp³-hybridized carbons (Fsp3) is 0.667. The van der Waals surface area contributed by atoms with Crippen LogP contribution in [0.15, 0.2) is 23.4 Å². The van der Waals surface area contributed by atoms with Crippen LogP contribution in [0.5, 0.6) is 0 Å². The Morgan fingerprint density at radius 2 is 1.88 bits per heavy atom. The summed E-state index contributed by atoms with van der Waals surface area (Å²) in [5, 5.41) is 11.8. The van der Waals surface area contributed by atoms with Gasteiger partial charge in [0.25, 0.3) is 0 Å². The molecule has 4 fully saturated rings. The molecule has 1 aromatic carbocycles. The second-order valence-electron chi connectivity index (χ2n) is 11.8. The number of rotatable bonds is 5. The van der Waals surface area contributed by atoms with Gasteiger partial charge in [-0.3, -0.25) is 9.91 Å². The Labute approximate surface area is 196 Å². The van der Waals surface area contributed by atoms with E-state index in [1.165, 1.54) is 69.2 Å². The Morgan fingerprint density at radius 1 is 1.12 bits per heavy atom. The van der Waals surface area contributed by atoms with Crippen LogP contribution in [0, 0.1) is 12.8 Å². The van der Waals surface area contributed by atoms with Gasteiger partial charge in [-0.1, -0.05) is 0 Å². The van der Waals surface area contributed by atoms with Crippen molar-refractivity contribution in [3.63, 3.8) is 0 Å². The van der Waals surface area contributed by atoms with Gasteiger partial charge < -0.3 is 5.32 Å². The lowest BCUT2D eigenvalue weighted by molar-refractivity contribution is 0.0131. The lowest BCUT2D eigenvalue weighted by Crippen LogP contribution is -2.53. The maximum absolute atomic E-state index is 4.95. The summed E-state index contributed by atoms with van der Waals surface area (Å²) in [5.74, 6) is 2.26. The SMILES string of the molecule is Cc1cc2cnc(NC3C=NN(C45CC4C5)C3C)nc2cc1C1CCN(C2(C)CCC2)CC1. The molecule has 5 aliphatic rings. The predicted octanol–water partition coefficient (Wildman–Crippen LogP) is 4.69. The number of benzene rings is 1. The quantitative estimate of drug-likeness (QED) is 0.725. The number of nitrogens with zero attached hydrogens (tertiary/aromatic N) is 5. The number of anilines is 1. The van der Waals surface area contributed by atoms with Crippen LogP contribution in [0.4, 0.5) is 5.95 Å². The predicted molar refractivity (Wildman–Crippen MR) is 133 cm³/mol. The molecule has 0 bridgehead atoms. The summed E-state index contributed by atoms with van der Waals surface area (Å²) in [5.41, 5.74) is 4.82. The molecular formula is C27H36N6. The fourth-order valence-electron chi connectivity index (χ4n) is 6.86. The first-order chi connectivity index (χ1) is 16.0. The van der Waals surface area contributed by atoms with Gasteiger partial charge in [-0.15, -0.1) is 0 Å². The van der Waals surface area contributed by atoms with Gasteiger partial charge >= 0.3 is 0 Å². The molecule has 0 radical (unpaired) electrons. The zero-order valence-electron chi connectivity index (χ0n) is 20.2. The van der Waals surface area contributed by atoms with Gasteiger partial charge in [-0.05, 0) is 114 Å². The molecule has 6 nitrogen and oxygen atoms in total. The van der Waals surface area contributed by atoms with Gasteiger partial charge in [0.15, 0.2) is 0 Å². The first-order valence-corrected chi connectivity index (χ1v) is 13.1. The number of aryl methyl sites for hydroxylation is 1. The lowest BCUT2D eigenvalue weighted by atomic mass is 9.75. The van der Waals surface area contributed by atoms with Crippen molar-refractivity contribution in [2.24, 2.45) is 11.0 Å². The molecule has 0 spiro atoms. The van der Waals surface area contributed by atoms with Gasteiger partial charge in [0.1, 0.15) is 0 Å². The molecule has 1 saturated heterocycles. The Kier molecular flexibility index (Phi) is 4.23. The number of nitrogens with one attached hydrogen (secondary N) is 1. The standard InChI is InChI=1S/C27H36N6/c1-17-11-20-15-28-25(31-24-16-29-33(18(24)2)27-13-21(27)14-27)30-23(20)12-22(17)19-5-9-32(10-6-19)26(3)7-4-8-26/h11-12,15-16,18-19,21,24H,4-10,13-14H2,1-3H3,(H,28,30,31). The molecule has 1 N–H and O–H groups in total. The molecule has 0 amide bonds. The maximum Gasteiger partial charge on any atom is 0.223 e. The molecule has 6 heteroatoms. The molecule has 7 rings (SSSR count). The molecule has 3 saturated carbocycles. The summed E-state index contributed by atoms with van der Waals surface area (Å²) >= 11 is 0. The van der Waals surface area contributed by atoms with Gasteiger partial charge in [-0.2, -0.15) is 5.10 Å². The number of hydrazone groups is 1. The van der Waals surface area contributed by atoms with Crippen LogP contribution in [0.1, 0.15) is 75.8 Å². The largest absolute Gasteiger partial charge is 0.344 e. The molecule has 174 valence electrons. The van der Waals surface area contributed by atoms with E-state index in [-0.39, 0.29) is 6.04 Å². The first-order valence-electron chi connectivity index (χ1n) is 13.1. The highest BCUT2D eigenvalue weighted by molar-refractivity contribution is 5.81. The van der Waals surface area contributed by atoms with Crippen molar-refractivity contribution in [2.45, 2.75) is 94.8 Å². The third kappa shape index (κ3) is 3.13. The van der Waals surface area contributed by atoms with Crippen molar-refractivity contribution in [1.29, 1.82) is 0 Å². The van der Waals surface area contributed by atoms with Gasteiger partial charge in [-0.25, -0.2) is 9.97 Å². The normalized spacial score (nSPS) is 34.9. The molecule has 1 aromatic heterocycles. The zero-order chi connectivity index (χ0) is 22.4. The van der Waals surface area contributed by atoms with E-state index in [0.29, 0.717) is 23.0 Å². The van der Waals surface area contributed by atoms with Crippen molar-refractivity contribution in [3.05, 3.63) is 29.5 Å². The first kappa shape index (κ1) is 20.2. The zero-order valence-corrected chi connectivity index (χ0v) is 20.2. The Hall–Kier alpha value is -2.21. The number of hydrogen-bond acceptors (Lipinski definition) is 6. The smallest absolute Gasteiger partial charge is 0.223 e. The minimum atomic E-state index is 0.167. The average molecular weight is 445 g/mol. The van der Waals surface area contributed by atoms with Crippen LogP contribution in [0.2, 0.25) is 0 Å². The summed E-state index contributed by atoms with van der Waals surface area (Å²) in [7, 11) is 0. The number of likely N-dealkylation sites (tertiary alicyclic amines) is 1. The van der Waals surface area contributed by atoms with Crippen LogP contribution < -0.4 is 5.32 Å². The number of aromatic nitrogens is 2. The van der Waals surface area contributed by atoms with Gasteiger partial charge in [0, 0.05) is 23.3 Å². The van der Waals surface area contributed by atoms with Crippen molar-refractivity contribution in [1.82, 2.24) is 19.9 Å². The summed E-state index contributed by atoms with van der Waals surface area (Å²) < 4.78 is 0. The second-order valence-corrected chi connectivity index (χ2v) is 11.8. The molecule has 3 heterocycles. The number of piperidine rings is 1. The van der Waals surface area contributed by atoms with Crippen LogP contribution in [-0.4, -0.2) is 62.3 Å². The molecule has 2 aromatic rings. The molecule has 2 atom stereocenters. The third-order valence-electron chi connectivity index (χ3n) is 9.75. The summed E-state index contributed by atoms with van der Waals surface area (Å²) in [6.07, 6.45) is 13.4. The molecule has 2 aliphatic heterocycles. The van der Waals surface area contributed by atoms with Gasteiger partial charge in [0.2, 0.25) is 5.95 Å². The van der Waals surface area contributed by atoms with E-state index in [0.717, 1.165) is 22.8 Å². The van der Waals surface area contributed by atoms with E-state index in [1.54, 1.807) is 0 Å². The van der Waals surface area contributed by atoms with Crippen LogP contribution in [-0.2, 0) is 0 Å². The van der Waals surface area contributed by atoms with E-state index < -0.39 is 0 Å². The Balaban J connectivity index is 1.08. The van der Waals surface area contributed by atoms with Crippen molar-refractivity contribution in [2.75, 3.05) is 18.4 Å². The van der Waals surface area contributed by atoms with Crippen LogP contribution in [0.3, 0.4) is 0 Å². The summed E-state index contributed by atoms with van der Waals surface area (Å²) in [6, 6.07) is 5.16. The van der Waals surface area contributed by atoms with E-state index >= 15 is 0 Å². The fourth-order valence-corrected chi connectivity index (χ4v) is 6.86. The van der Waals surface area contributed by atoms with E-state index in [4.69, 9.17) is 10.1 Å². The monoisotopic (exact) mass is 444 g/mol. The highest BCUT2D eigenvalue weighted by Gasteiger charge is 2.75. The van der Waals surface area contributed by atoms with E-state index in [9.17, 15) is 0 Å². The second kappa shape index (κ2) is 6.91. The van der Waals surface area contributed by atoms with E-state index in [1.807, 2.05) is 6.20 Å². The molecule has 3 aliphatic carbocycles. The highest BCUT2D eigenvalue weighted by atomic mass is 15.6. The Bertz CT molecular complexity index is 1120. The van der Waals surface area contributed by atoms with Gasteiger partial charge in [0.05, 0.1) is 23.1 Å². The third-order valence-corrected chi connectivity index (χ3v) is 9.75. The minimum absolute atomic E-state index is 0.167. The number of fused-ring (bicyclic) bond motifs is 2. The molecule has 2 unspecified atom stereocenters. The Morgan fingerprint density at radius 3 is 2.55 bits per heavy atom. The van der Waals surface area contributed by atoms with Crippen molar-refractivity contribution < 1.29 is 0 Å². The van der Waals surface area contributed by atoms with Crippen LogP contribution in [0.25, 0.3) is 10.9 Å². The minimum Gasteiger partial charge on any atom is -0.344 e. The van der Waals surface area contributed by atoms with Crippen molar-refractivity contribution >= 4 is 23.1 Å². The maximum atomic E-state index is 4.95.